The molecule has 6 N–H and O–H groups in total. The van der Waals surface area contributed by atoms with Gasteiger partial charge < -0.3 is 41.2 Å². The average molecular weight is 584 g/mol. The van der Waals surface area contributed by atoms with Gasteiger partial charge in [-0.05, 0) is 49.6 Å². The lowest BCUT2D eigenvalue weighted by Gasteiger charge is -2.24. The van der Waals surface area contributed by atoms with Crippen molar-refractivity contribution in [1.29, 1.82) is 0 Å². The van der Waals surface area contributed by atoms with E-state index in [9.17, 15) is 24.0 Å². The van der Waals surface area contributed by atoms with Gasteiger partial charge in [-0.15, -0.1) is 0 Å². The summed E-state index contributed by atoms with van der Waals surface area (Å²) in [6.45, 7) is 1.92. The number of para-hydroxylation sites is 1. The van der Waals surface area contributed by atoms with E-state index in [4.69, 9.17) is 19.9 Å². The fraction of sp³-hybridized carbons (Fsp3) is 0.414. The van der Waals surface area contributed by atoms with Crippen LogP contribution in [0.1, 0.15) is 42.1 Å². The van der Waals surface area contributed by atoms with Gasteiger partial charge >= 0.3 is 0 Å². The van der Waals surface area contributed by atoms with Crippen LogP contribution in [-0.2, 0) is 25.6 Å². The molecule has 0 saturated carbocycles. The summed E-state index contributed by atoms with van der Waals surface area (Å²) >= 11 is 0. The molecule has 3 atom stereocenters. The highest BCUT2D eigenvalue weighted by Gasteiger charge is 2.30. The van der Waals surface area contributed by atoms with Crippen LogP contribution in [0.5, 0.6) is 17.2 Å². The van der Waals surface area contributed by atoms with Crippen LogP contribution >= 0.6 is 0 Å². The lowest BCUT2D eigenvalue weighted by Crippen LogP contribution is -2.54. The van der Waals surface area contributed by atoms with Crippen molar-refractivity contribution in [2.24, 2.45) is 5.73 Å². The van der Waals surface area contributed by atoms with E-state index in [1.54, 1.807) is 45.4 Å². The Bertz CT molecular complexity index is 1300. The summed E-state index contributed by atoms with van der Waals surface area (Å²) in [4.78, 5) is 63.7. The van der Waals surface area contributed by atoms with E-state index in [1.165, 1.54) is 6.07 Å². The quantitative estimate of drug-likeness (QED) is 0.259. The molecule has 1 aliphatic heterocycles. The van der Waals surface area contributed by atoms with E-state index < -0.39 is 60.5 Å². The highest BCUT2D eigenvalue weighted by Crippen LogP contribution is 2.28. The first kappa shape index (κ1) is 31.7. The molecule has 0 spiro atoms. The largest absolute Gasteiger partial charge is 0.493 e. The zero-order valence-electron chi connectivity index (χ0n) is 23.9. The molecule has 42 heavy (non-hydrogen) atoms. The van der Waals surface area contributed by atoms with Crippen LogP contribution in [0.2, 0.25) is 0 Å². The van der Waals surface area contributed by atoms with Crippen molar-refractivity contribution < 1.29 is 38.2 Å². The van der Waals surface area contributed by atoms with Crippen molar-refractivity contribution in [2.75, 3.05) is 27.4 Å². The molecule has 226 valence electrons. The van der Waals surface area contributed by atoms with Gasteiger partial charge in [-0.3, -0.25) is 24.0 Å². The molecule has 13 nitrogen and oxygen atoms in total. The smallest absolute Gasteiger partial charge is 0.255 e. The maximum atomic E-state index is 13.2. The molecule has 0 bridgehead atoms. The summed E-state index contributed by atoms with van der Waals surface area (Å²) < 4.78 is 16.4. The van der Waals surface area contributed by atoms with Gasteiger partial charge in [0.15, 0.2) is 11.5 Å². The number of amides is 5. The highest BCUT2D eigenvalue weighted by atomic mass is 16.5. The van der Waals surface area contributed by atoms with Gasteiger partial charge in [0.25, 0.3) is 5.91 Å². The third-order valence-electron chi connectivity index (χ3n) is 6.47. The maximum Gasteiger partial charge on any atom is 0.255 e. The molecule has 0 radical (unpaired) electrons. The first-order valence-electron chi connectivity index (χ1n) is 13.5. The third kappa shape index (κ3) is 9.11. The predicted octanol–water partition coefficient (Wildman–Crippen LogP) is 0.199. The molecular weight excluding hydrogens is 546 g/mol. The number of nitrogens with one attached hydrogen (secondary N) is 4. The Labute approximate surface area is 243 Å². The topological polar surface area (TPSA) is 187 Å². The summed E-state index contributed by atoms with van der Waals surface area (Å²) in [5, 5.41) is 10.5. The Morgan fingerprint density at radius 2 is 1.76 bits per heavy atom. The molecule has 0 aliphatic carbocycles. The lowest BCUT2D eigenvalue weighted by atomic mass is 10.1. The Hall–Kier alpha value is -4.81. The van der Waals surface area contributed by atoms with Gasteiger partial charge in [-0.2, -0.15) is 0 Å². The van der Waals surface area contributed by atoms with Crippen molar-refractivity contribution >= 4 is 29.5 Å². The number of benzene rings is 2. The number of carbonyl (C=O) groups is 5. The van der Waals surface area contributed by atoms with Gasteiger partial charge in [0.2, 0.25) is 23.6 Å². The van der Waals surface area contributed by atoms with Gasteiger partial charge in [-0.25, -0.2) is 0 Å². The van der Waals surface area contributed by atoms with Gasteiger partial charge in [0.1, 0.15) is 24.4 Å². The van der Waals surface area contributed by atoms with Crippen LogP contribution in [0.15, 0.2) is 42.5 Å². The Kier molecular flexibility index (Phi) is 11.5. The normalized spacial score (nSPS) is 19.5. The SMILES string of the molecule is COc1ccc(CCCNC(=O)[C@@H]2CC(=O)N[C@@H](CC(N)=O)C(=O)N[C@H](C)COc3ccccc3C(=O)N2)cc1OC. The number of ether oxygens (including phenoxy) is 3. The first-order valence-corrected chi connectivity index (χ1v) is 13.5. The number of aryl methyl sites for hydroxylation is 1. The summed E-state index contributed by atoms with van der Waals surface area (Å²) in [6, 6.07) is 8.89. The highest BCUT2D eigenvalue weighted by molar-refractivity contribution is 6.01. The van der Waals surface area contributed by atoms with E-state index in [0.29, 0.717) is 24.3 Å². The monoisotopic (exact) mass is 583 g/mol. The third-order valence-corrected chi connectivity index (χ3v) is 6.47. The minimum Gasteiger partial charge on any atom is -0.493 e. The number of primary amides is 1. The molecule has 5 amide bonds. The lowest BCUT2D eigenvalue weighted by molar-refractivity contribution is -0.133. The maximum absolute atomic E-state index is 13.2. The van der Waals surface area contributed by atoms with E-state index >= 15 is 0 Å². The zero-order valence-corrected chi connectivity index (χ0v) is 23.9. The van der Waals surface area contributed by atoms with Crippen molar-refractivity contribution in [3.63, 3.8) is 0 Å². The van der Waals surface area contributed by atoms with Crippen LogP contribution < -0.4 is 41.2 Å². The number of hydrogen-bond donors (Lipinski definition) is 5. The van der Waals surface area contributed by atoms with Crippen molar-refractivity contribution in [3.8, 4) is 17.2 Å². The molecule has 0 fully saturated rings. The molecule has 0 aromatic heterocycles. The number of carbonyl (C=O) groups excluding carboxylic acids is 5. The summed E-state index contributed by atoms with van der Waals surface area (Å²) in [5.41, 5.74) is 6.41. The van der Waals surface area contributed by atoms with E-state index in [0.717, 1.165) is 5.56 Å². The molecule has 2 aromatic rings. The Morgan fingerprint density at radius 1 is 1.02 bits per heavy atom. The number of fused-ring (bicyclic) bond motifs is 1. The van der Waals surface area contributed by atoms with E-state index in [-0.39, 0.29) is 24.5 Å². The molecule has 1 aliphatic rings. The first-order chi connectivity index (χ1) is 20.1. The average Bonchev–Trinajstić information content (AvgIpc) is 2.96. The van der Waals surface area contributed by atoms with Crippen LogP contribution in [0.3, 0.4) is 0 Å². The fourth-order valence-electron chi connectivity index (χ4n) is 4.34. The second kappa shape index (κ2) is 15.3. The molecule has 2 aromatic carbocycles. The van der Waals surface area contributed by atoms with Crippen molar-refractivity contribution in [3.05, 3.63) is 53.6 Å². The molecule has 1 heterocycles. The van der Waals surface area contributed by atoms with Crippen LogP contribution in [-0.4, -0.2) is 75.0 Å². The Balaban J connectivity index is 1.75. The predicted molar refractivity (Wildman–Crippen MR) is 152 cm³/mol. The number of methoxy groups -OCH3 is 2. The fourth-order valence-corrected chi connectivity index (χ4v) is 4.34. The zero-order chi connectivity index (χ0) is 30.6. The number of nitrogens with two attached hydrogens (primary N) is 1. The van der Waals surface area contributed by atoms with Crippen molar-refractivity contribution in [2.45, 2.75) is 50.7 Å². The summed E-state index contributed by atoms with van der Waals surface area (Å²) in [5.74, 6) is -1.94. The Morgan fingerprint density at radius 3 is 2.48 bits per heavy atom. The van der Waals surface area contributed by atoms with Crippen LogP contribution in [0.4, 0.5) is 0 Å². The number of rotatable bonds is 9. The standard InChI is InChI=1S/C29H37N5O8/c1-17-16-42-22-9-5-4-8-19(22)27(37)34-21(15-26(36)33-20(14-25(30)35)29(39)32-17)28(38)31-12-6-7-18-10-11-23(40-2)24(13-18)41-3/h4-5,8-11,13,17,20-21H,6-7,12,14-16H2,1-3H3,(H2,30,35)(H,31,38)(H,32,39)(H,33,36)(H,34,37)/t17-,20+,21+/m1/s1. The van der Waals surface area contributed by atoms with Crippen LogP contribution in [0.25, 0.3) is 0 Å². The van der Waals surface area contributed by atoms with Gasteiger partial charge in [0.05, 0.1) is 38.7 Å². The van der Waals surface area contributed by atoms with E-state index in [2.05, 4.69) is 21.3 Å². The van der Waals surface area contributed by atoms with Crippen molar-refractivity contribution in [1.82, 2.24) is 21.3 Å². The molecule has 13 heteroatoms. The number of hydrogen-bond acceptors (Lipinski definition) is 8. The van der Waals surface area contributed by atoms with Gasteiger partial charge in [0, 0.05) is 6.54 Å². The second-order valence-electron chi connectivity index (χ2n) is 9.82. The molecule has 0 unspecified atom stereocenters. The molecule has 0 saturated heterocycles. The van der Waals surface area contributed by atoms with E-state index in [1.807, 2.05) is 12.1 Å². The molecular formula is C29H37N5O8. The molecule has 3 rings (SSSR count). The minimum atomic E-state index is -1.29. The second-order valence-corrected chi connectivity index (χ2v) is 9.82. The summed E-state index contributed by atoms with van der Waals surface area (Å²) in [7, 11) is 3.10. The minimum absolute atomic E-state index is 0.00272. The van der Waals surface area contributed by atoms with Gasteiger partial charge in [-0.1, -0.05) is 18.2 Å². The van der Waals surface area contributed by atoms with Crippen LogP contribution in [0, 0.1) is 0 Å². The summed E-state index contributed by atoms with van der Waals surface area (Å²) in [6.07, 6.45) is 0.233.